The van der Waals surface area contributed by atoms with Gasteiger partial charge in [0.15, 0.2) is 0 Å². The second kappa shape index (κ2) is 4.94. The molecule has 1 aromatic rings. The second-order valence-corrected chi connectivity index (χ2v) is 7.12. The van der Waals surface area contributed by atoms with E-state index < -0.39 is 16.0 Å². The molecular weight excluding hydrogens is 266 g/mol. The Kier molecular flexibility index (Phi) is 3.64. The molecule has 0 atom stereocenters. The van der Waals surface area contributed by atoms with Crippen molar-refractivity contribution in [2.75, 3.05) is 6.54 Å². The highest BCUT2D eigenvalue weighted by atomic mass is 32.2. The molecule has 0 amide bonds. The van der Waals surface area contributed by atoms with Gasteiger partial charge < -0.3 is 5.11 Å². The van der Waals surface area contributed by atoms with Crippen molar-refractivity contribution in [2.45, 2.75) is 31.1 Å². The van der Waals surface area contributed by atoms with Gasteiger partial charge in [-0.15, -0.1) is 0 Å². The van der Waals surface area contributed by atoms with E-state index in [1.807, 2.05) is 6.92 Å². The number of nitrogens with one attached hydrogen (secondary N) is 1. The lowest BCUT2D eigenvalue weighted by atomic mass is 10.1. The van der Waals surface area contributed by atoms with Crippen LogP contribution in [0.4, 0.5) is 0 Å². The van der Waals surface area contributed by atoms with E-state index in [-0.39, 0.29) is 16.7 Å². The maximum Gasteiger partial charge on any atom is 0.307 e. The molecule has 1 saturated carbocycles. The van der Waals surface area contributed by atoms with Gasteiger partial charge >= 0.3 is 5.97 Å². The molecule has 0 unspecified atom stereocenters. The van der Waals surface area contributed by atoms with Crippen LogP contribution in [0.5, 0.6) is 0 Å². The minimum Gasteiger partial charge on any atom is -0.481 e. The predicted octanol–water partition coefficient (Wildman–Crippen LogP) is 1.39. The van der Waals surface area contributed by atoms with E-state index >= 15 is 0 Å². The number of carbonyl (C=O) groups is 1. The van der Waals surface area contributed by atoms with Crippen molar-refractivity contribution in [1.29, 1.82) is 0 Å². The number of hydrogen-bond donors (Lipinski definition) is 2. The topological polar surface area (TPSA) is 83.5 Å². The van der Waals surface area contributed by atoms with Gasteiger partial charge in [-0.05, 0) is 36.0 Å². The fourth-order valence-corrected chi connectivity index (χ4v) is 2.90. The number of carboxylic acid groups (broad SMARTS) is 1. The number of sulfonamides is 1. The van der Waals surface area contributed by atoms with Crippen LogP contribution in [0.2, 0.25) is 0 Å². The fourth-order valence-electron chi connectivity index (χ4n) is 1.70. The van der Waals surface area contributed by atoms with E-state index in [1.165, 1.54) is 24.3 Å². The molecule has 5 nitrogen and oxygen atoms in total. The maximum absolute atomic E-state index is 12.0. The van der Waals surface area contributed by atoms with Gasteiger partial charge in [-0.2, -0.15) is 0 Å². The van der Waals surface area contributed by atoms with E-state index in [4.69, 9.17) is 5.11 Å². The predicted molar refractivity (Wildman–Crippen MR) is 70.3 cm³/mol. The van der Waals surface area contributed by atoms with Gasteiger partial charge in [0.25, 0.3) is 0 Å². The third kappa shape index (κ3) is 3.78. The van der Waals surface area contributed by atoms with Crippen molar-refractivity contribution in [3.63, 3.8) is 0 Å². The molecule has 0 aliphatic heterocycles. The van der Waals surface area contributed by atoms with Crippen molar-refractivity contribution in [3.8, 4) is 0 Å². The van der Waals surface area contributed by atoms with Crippen LogP contribution in [0.15, 0.2) is 29.2 Å². The zero-order chi connectivity index (χ0) is 14.1. The van der Waals surface area contributed by atoms with Crippen LogP contribution in [0, 0.1) is 5.41 Å². The first kappa shape index (κ1) is 14.0. The van der Waals surface area contributed by atoms with Gasteiger partial charge in [0.2, 0.25) is 10.0 Å². The van der Waals surface area contributed by atoms with Crippen molar-refractivity contribution in [1.82, 2.24) is 4.72 Å². The van der Waals surface area contributed by atoms with E-state index in [0.29, 0.717) is 12.1 Å². The number of hydrogen-bond acceptors (Lipinski definition) is 3. The van der Waals surface area contributed by atoms with Crippen molar-refractivity contribution < 1.29 is 18.3 Å². The molecule has 0 bridgehead atoms. The van der Waals surface area contributed by atoms with Gasteiger partial charge in [0.1, 0.15) is 0 Å². The standard InChI is InChI=1S/C13H17NO4S/c1-13(6-7-13)9-14-19(17,18)11-4-2-10(3-5-11)8-12(15)16/h2-5,14H,6-9H2,1H3,(H,15,16). The molecular formula is C13H17NO4S. The molecule has 1 aliphatic carbocycles. The van der Waals surface area contributed by atoms with Crippen LogP contribution >= 0.6 is 0 Å². The molecule has 0 radical (unpaired) electrons. The third-order valence-corrected chi connectivity index (χ3v) is 4.80. The average molecular weight is 283 g/mol. The Morgan fingerprint density at radius 1 is 1.32 bits per heavy atom. The normalized spacial score (nSPS) is 17.1. The van der Waals surface area contributed by atoms with Gasteiger partial charge in [-0.1, -0.05) is 19.1 Å². The van der Waals surface area contributed by atoms with Crippen molar-refractivity contribution in [2.24, 2.45) is 5.41 Å². The molecule has 0 saturated heterocycles. The lowest BCUT2D eigenvalue weighted by molar-refractivity contribution is -0.136. The lowest BCUT2D eigenvalue weighted by Gasteiger charge is -2.11. The van der Waals surface area contributed by atoms with Crippen LogP contribution in [0.25, 0.3) is 0 Å². The van der Waals surface area contributed by atoms with Gasteiger partial charge in [-0.3, -0.25) is 4.79 Å². The number of carboxylic acids is 1. The molecule has 2 rings (SSSR count). The minimum absolute atomic E-state index is 0.105. The molecule has 0 heterocycles. The quantitative estimate of drug-likeness (QED) is 0.826. The average Bonchev–Trinajstić information content (AvgIpc) is 3.06. The van der Waals surface area contributed by atoms with Gasteiger partial charge in [0.05, 0.1) is 11.3 Å². The summed E-state index contributed by atoms with van der Waals surface area (Å²) in [4.78, 5) is 10.7. The molecule has 1 fully saturated rings. The number of rotatable bonds is 6. The summed E-state index contributed by atoms with van der Waals surface area (Å²) in [5.41, 5.74) is 0.691. The molecule has 2 N–H and O–H groups in total. The third-order valence-electron chi connectivity index (χ3n) is 3.38. The summed E-state index contributed by atoms with van der Waals surface area (Å²) in [6.07, 6.45) is 1.99. The van der Waals surface area contributed by atoms with Gasteiger partial charge in [0, 0.05) is 6.54 Å². The van der Waals surface area contributed by atoms with E-state index in [0.717, 1.165) is 12.8 Å². The lowest BCUT2D eigenvalue weighted by Crippen LogP contribution is -2.29. The van der Waals surface area contributed by atoms with Crippen molar-refractivity contribution in [3.05, 3.63) is 29.8 Å². The molecule has 0 spiro atoms. The first-order chi connectivity index (χ1) is 8.81. The zero-order valence-corrected chi connectivity index (χ0v) is 11.5. The highest BCUT2D eigenvalue weighted by Gasteiger charge is 2.38. The summed E-state index contributed by atoms with van der Waals surface area (Å²) in [6.45, 7) is 2.50. The molecule has 1 aliphatic rings. The summed E-state index contributed by atoms with van der Waals surface area (Å²) in [7, 11) is -3.50. The molecule has 19 heavy (non-hydrogen) atoms. The van der Waals surface area contributed by atoms with Crippen LogP contribution in [0.3, 0.4) is 0 Å². The van der Waals surface area contributed by atoms with Crippen LogP contribution < -0.4 is 4.72 Å². The minimum atomic E-state index is -3.50. The summed E-state index contributed by atoms with van der Waals surface area (Å²) in [5.74, 6) is -0.935. The summed E-state index contributed by atoms with van der Waals surface area (Å²) in [5, 5.41) is 8.65. The van der Waals surface area contributed by atoms with E-state index in [1.54, 1.807) is 0 Å². The Morgan fingerprint density at radius 3 is 2.37 bits per heavy atom. The van der Waals surface area contributed by atoms with Gasteiger partial charge in [-0.25, -0.2) is 13.1 Å². The number of aliphatic carboxylic acids is 1. The smallest absolute Gasteiger partial charge is 0.307 e. The van der Waals surface area contributed by atoms with Crippen LogP contribution in [0.1, 0.15) is 25.3 Å². The maximum atomic E-state index is 12.0. The molecule has 1 aromatic carbocycles. The Hall–Kier alpha value is -1.40. The Balaban J connectivity index is 2.05. The first-order valence-corrected chi connectivity index (χ1v) is 7.60. The van der Waals surface area contributed by atoms with Crippen LogP contribution in [-0.4, -0.2) is 26.0 Å². The van der Waals surface area contributed by atoms with Crippen molar-refractivity contribution >= 4 is 16.0 Å². The highest BCUT2D eigenvalue weighted by molar-refractivity contribution is 7.89. The molecule has 104 valence electrons. The van der Waals surface area contributed by atoms with E-state index in [9.17, 15) is 13.2 Å². The number of benzene rings is 1. The van der Waals surface area contributed by atoms with Crippen LogP contribution in [-0.2, 0) is 21.2 Å². The highest BCUT2D eigenvalue weighted by Crippen LogP contribution is 2.44. The van der Waals surface area contributed by atoms with E-state index in [2.05, 4.69) is 4.72 Å². The SMILES string of the molecule is CC1(CNS(=O)(=O)c2ccc(CC(=O)O)cc2)CC1. The fraction of sp³-hybridized carbons (Fsp3) is 0.462. The Labute approximate surface area is 112 Å². The Morgan fingerprint density at radius 2 is 1.89 bits per heavy atom. The summed E-state index contributed by atoms with van der Waals surface area (Å²) >= 11 is 0. The summed E-state index contributed by atoms with van der Waals surface area (Å²) in [6, 6.07) is 5.94. The largest absolute Gasteiger partial charge is 0.481 e. The zero-order valence-electron chi connectivity index (χ0n) is 10.7. The molecule has 0 aromatic heterocycles. The molecule has 6 heteroatoms. The summed E-state index contributed by atoms with van der Waals surface area (Å²) < 4.78 is 26.6. The monoisotopic (exact) mass is 283 g/mol. The second-order valence-electron chi connectivity index (χ2n) is 5.35. The Bertz CT molecular complexity index is 573. The first-order valence-electron chi connectivity index (χ1n) is 6.11.